The number of fused-ring (bicyclic) bond motifs is 3. The Morgan fingerprint density at radius 2 is 1.59 bits per heavy atom. The van der Waals surface area contributed by atoms with Gasteiger partial charge in [-0.05, 0) is 71.9 Å². The van der Waals surface area contributed by atoms with Crippen molar-refractivity contribution in [2.24, 2.45) is 5.92 Å². The highest BCUT2D eigenvalue weighted by molar-refractivity contribution is 6.05. The van der Waals surface area contributed by atoms with Crippen LogP contribution in [-0.2, 0) is 18.3 Å². The highest BCUT2D eigenvalue weighted by Crippen LogP contribution is 2.42. The van der Waals surface area contributed by atoms with Gasteiger partial charge in [0.1, 0.15) is 11.4 Å². The van der Waals surface area contributed by atoms with Crippen molar-refractivity contribution in [1.29, 1.82) is 0 Å². The van der Waals surface area contributed by atoms with Gasteiger partial charge in [0.25, 0.3) is 0 Å². The quantitative estimate of drug-likeness (QED) is 0.244. The van der Waals surface area contributed by atoms with E-state index in [4.69, 9.17) is 15.2 Å². The summed E-state index contributed by atoms with van der Waals surface area (Å²) in [6.45, 7) is 13.6. The zero-order valence-corrected chi connectivity index (χ0v) is 22.9. The van der Waals surface area contributed by atoms with Crippen LogP contribution in [0.25, 0.3) is 44.3 Å². The molecule has 0 amide bonds. The third-order valence-electron chi connectivity index (χ3n) is 8.01. The molecule has 0 bridgehead atoms. The van der Waals surface area contributed by atoms with Gasteiger partial charge in [-0.1, -0.05) is 65.8 Å². The average Bonchev–Trinajstić information content (AvgIpc) is 3.47. The fraction of sp³-hybridized carbons (Fsp3) is 0.406. The second-order valence-electron chi connectivity index (χ2n) is 12.2. The van der Waals surface area contributed by atoms with Gasteiger partial charge in [0.05, 0.1) is 11.4 Å². The van der Waals surface area contributed by atoms with Crippen LogP contribution in [0.2, 0.25) is 0 Å². The summed E-state index contributed by atoms with van der Waals surface area (Å²) < 4.78 is 0. The molecule has 0 saturated carbocycles. The van der Waals surface area contributed by atoms with Crippen LogP contribution in [-0.4, -0.2) is 25.4 Å². The van der Waals surface area contributed by atoms with Crippen molar-refractivity contribution in [3.8, 4) is 22.8 Å². The summed E-state index contributed by atoms with van der Waals surface area (Å²) in [6, 6.07) is 15.4. The number of hydrogen-bond donors (Lipinski definition) is 2. The smallest absolute Gasteiger partial charge is 0.115 e. The van der Waals surface area contributed by atoms with E-state index < -0.39 is 0 Å². The van der Waals surface area contributed by atoms with Crippen molar-refractivity contribution in [3.63, 3.8) is 0 Å². The van der Waals surface area contributed by atoms with Gasteiger partial charge in [-0.2, -0.15) is 10.2 Å². The molecule has 0 spiro atoms. The zero-order valence-electron chi connectivity index (χ0n) is 22.9. The minimum atomic E-state index is 0.0949. The minimum Gasteiger partial charge on any atom is -0.282 e. The van der Waals surface area contributed by atoms with Crippen LogP contribution in [0.1, 0.15) is 82.8 Å². The predicted octanol–water partition coefficient (Wildman–Crippen LogP) is 8.10. The van der Waals surface area contributed by atoms with E-state index in [1.54, 1.807) is 0 Å². The maximum absolute atomic E-state index is 5.35. The molecule has 3 heterocycles. The van der Waals surface area contributed by atoms with Crippen molar-refractivity contribution in [2.45, 2.75) is 78.6 Å². The number of pyridine rings is 1. The van der Waals surface area contributed by atoms with Crippen molar-refractivity contribution >= 4 is 21.5 Å². The summed E-state index contributed by atoms with van der Waals surface area (Å²) in [4.78, 5) is 5.35. The number of benzene rings is 2. The number of nitrogens with zero attached hydrogens (tertiary/aromatic N) is 3. The van der Waals surface area contributed by atoms with Crippen molar-refractivity contribution in [1.82, 2.24) is 25.4 Å². The lowest BCUT2D eigenvalue weighted by molar-refractivity contribution is 0.420. The lowest BCUT2D eigenvalue weighted by Gasteiger charge is -2.29. The summed E-state index contributed by atoms with van der Waals surface area (Å²) >= 11 is 0. The molecule has 2 N–H and O–H groups in total. The van der Waals surface area contributed by atoms with E-state index in [1.807, 2.05) is 0 Å². The minimum absolute atomic E-state index is 0.0949. The molecule has 2 aromatic carbocycles. The van der Waals surface area contributed by atoms with E-state index in [0.717, 1.165) is 41.0 Å². The zero-order chi connectivity index (χ0) is 25.9. The summed E-state index contributed by atoms with van der Waals surface area (Å²) in [5.74, 6) is 0.898. The Labute approximate surface area is 219 Å². The molecular weight excluding hydrogens is 454 g/mol. The molecule has 0 fully saturated rings. The maximum atomic E-state index is 5.35. The topological polar surface area (TPSA) is 70.2 Å². The van der Waals surface area contributed by atoms with Crippen molar-refractivity contribution < 1.29 is 0 Å². The van der Waals surface area contributed by atoms with Gasteiger partial charge in [0.15, 0.2) is 0 Å². The second-order valence-corrected chi connectivity index (χ2v) is 12.2. The fourth-order valence-electron chi connectivity index (χ4n) is 6.21. The Bertz CT molecular complexity index is 1620. The third kappa shape index (κ3) is 4.05. The highest BCUT2D eigenvalue weighted by atomic mass is 15.1. The Morgan fingerprint density at radius 3 is 2.32 bits per heavy atom. The molecular formula is C32H37N5. The fourth-order valence-corrected chi connectivity index (χ4v) is 6.21. The van der Waals surface area contributed by atoms with Gasteiger partial charge in [-0.3, -0.25) is 10.2 Å². The molecule has 0 radical (unpaired) electrons. The summed E-state index contributed by atoms with van der Waals surface area (Å²) in [6.07, 6.45) is 4.35. The molecule has 0 unspecified atom stereocenters. The van der Waals surface area contributed by atoms with Crippen LogP contribution in [0.15, 0.2) is 42.5 Å². The first-order chi connectivity index (χ1) is 17.7. The standard InChI is InChI=1S/C32H37N5/c1-18(2)14-25-27(19(3)4)30(36-34-25)26-17-22-15-20-10-7-8-11-21(20)16-24(22)28(33-26)29-23-12-9-13-32(5,6)31(23)37-35-29/h7-8,10-11,15-19H,9,12-14H2,1-6H3,(H,34,36)(H,35,37). The first-order valence-corrected chi connectivity index (χ1v) is 13.7. The van der Waals surface area contributed by atoms with Crippen LogP contribution < -0.4 is 0 Å². The van der Waals surface area contributed by atoms with Crippen LogP contribution in [0.4, 0.5) is 0 Å². The second kappa shape index (κ2) is 8.83. The lowest BCUT2D eigenvalue weighted by Crippen LogP contribution is -2.23. The van der Waals surface area contributed by atoms with Crippen molar-refractivity contribution in [2.75, 3.05) is 0 Å². The summed E-state index contributed by atoms with van der Waals surface area (Å²) in [7, 11) is 0. The molecule has 5 aromatic rings. The molecule has 190 valence electrons. The molecule has 0 saturated heterocycles. The first kappa shape index (κ1) is 23.9. The predicted molar refractivity (Wildman–Crippen MR) is 153 cm³/mol. The molecule has 0 atom stereocenters. The van der Waals surface area contributed by atoms with Crippen LogP contribution in [0.5, 0.6) is 0 Å². The van der Waals surface area contributed by atoms with Gasteiger partial charge in [0, 0.05) is 33.3 Å². The molecule has 5 nitrogen and oxygen atoms in total. The van der Waals surface area contributed by atoms with Gasteiger partial charge in [-0.25, -0.2) is 4.98 Å². The Hall–Kier alpha value is -3.47. The maximum Gasteiger partial charge on any atom is 0.115 e. The van der Waals surface area contributed by atoms with Gasteiger partial charge >= 0.3 is 0 Å². The Kier molecular flexibility index (Phi) is 5.70. The number of rotatable bonds is 5. The van der Waals surface area contributed by atoms with Crippen LogP contribution in [0.3, 0.4) is 0 Å². The molecule has 1 aliphatic rings. The van der Waals surface area contributed by atoms with E-state index in [0.29, 0.717) is 11.8 Å². The lowest BCUT2D eigenvalue weighted by atomic mass is 9.76. The number of H-pyrrole nitrogens is 2. The molecule has 3 aromatic heterocycles. The number of aromatic nitrogens is 5. The van der Waals surface area contributed by atoms with Gasteiger partial charge < -0.3 is 0 Å². The third-order valence-corrected chi connectivity index (χ3v) is 8.01. The van der Waals surface area contributed by atoms with Crippen molar-refractivity contribution in [3.05, 3.63) is 65.0 Å². The molecule has 0 aliphatic heterocycles. The van der Waals surface area contributed by atoms with Crippen LogP contribution in [0, 0.1) is 5.92 Å². The summed E-state index contributed by atoms with van der Waals surface area (Å²) in [5, 5.41) is 21.3. The molecule has 6 rings (SSSR count). The van der Waals surface area contributed by atoms with E-state index in [1.165, 1.54) is 51.5 Å². The first-order valence-electron chi connectivity index (χ1n) is 13.7. The largest absolute Gasteiger partial charge is 0.282 e. The van der Waals surface area contributed by atoms with E-state index in [2.05, 4.69) is 94.2 Å². The Morgan fingerprint density at radius 1 is 0.865 bits per heavy atom. The normalized spacial score (nSPS) is 15.2. The van der Waals surface area contributed by atoms with E-state index in [9.17, 15) is 0 Å². The van der Waals surface area contributed by atoms with Gasteiger partial charge in [-0.15, -0.1) is 0 Å². The highest BCUT2D eigenvalue weighted by Gasteiger charge is 2.33. The molecule has 1 aliphatic carbocycles. The molecule has 37 heavy (non-hydrogen) atoms. The van der Waals surface area contributed by atoms with E-state index >= 15 is 0 Å². The van der Waals surface area contributed by atoms with E-state index in [-0.39, 0.29) is 5.41 Å². The molecule has 5 heteroatoms. The number of hydrogen-bond acceptors (Lipinski definition) is 3. The average molecular weight is 492 g/mol. The van der Waals surface area contributed by atoms with Crippen LogP contribution >= 0.6 is 0 Å². The number of nitrogens with one attached hydrogen (secondary N) is 2. The number of aromatic amines is 2. The summed E-state index contributed by atoms with van der Waals surface area (Å²) in [5.41, 5.74) is 9.01. The monoisotopic (exact) mass is 491 g/mol. The van der Waals surface area contributed by atoms with Gasteiger partial charge in [0.2, 0.25) is 0 Å². The Balaban J connectivity index is 1.64. The SMILES string of the molecule is CC(C)Cc1[nH]nc(-c2cc3cc4ccccc4cc3c(-c3n[nH]c4c3CCCC4(C)C)n2)c1C(C)C.